The van der Waals surface area contributed by atoms with E-state index in [0.717, 1.165) is 15.0 Å². The molecule has 2 heterocycles. The van der Waals surface area contributed by atoms with E-state index < -0.39 is 5.97 Å². The molecule has 0 saturated carbocycles. The van der Waals surface area contributed by atoms with Crippen molar-refractivity contribution < 1.29 is 14.3 Å². The molecular formula is C17H13BrN2O3S. The number of methoxy groups -OCH3 is 2. The van der Waals surface area contributed by atoms with Gasteiger partial charge in [-0.05, 0) is 34.1 Å². The summed E-state index contributed by atoms with van der Waals surface area (Å²) in [7, 11) is 2.85. The van der Waals surface area contributed by atoms with Crippen LogP contribution in [-0.4, -0.2) is 30.2 Å². The summed E-state index contributed by atoms with van der Waals surface area (Å²) in [5.41, 5.74) is 2.42. The Morgan fingerprint density at radius 1 is 1.21 bits per heavy atom. The second-order valence-electron chi connectivity index (χ2n) is 4.80. The lowest BCUT2D eigenvalue weighted by atomic mass is 10.1. The van der Waals surface area contributed by atoms with Gasteiger partial charge in [-0.3, -0.25) is 4.98 Å². The Morgan fingerprint density at radius 3 is 2.67 bits per heavy atom. The van der Waals surface area contributed by atoms with Crippen LogP contribution in [0.15, 0.2) is 46.5 Å². The van der Waals surface area contributed by atoms with Crippen LogP contribution in [0.4, 0.5) is 0 Å². The molecule has 0 radical (unpaired) electrons. The number of esters is 1. The first-order valence-corrected chi connectivity index (χ1v) is 8.63. The fraction of sp³-hybridized carbons (Fsp3) is 0.118. The molecule has 0 N–H and O–H groups in total. The molecule has 0 aliphatic heterocycles. The zero-order valence-corrected chi connectivity index (χ0v) is 15.3. The van der Waals surface area contributed by atoms with Crippen molar-refractivity contribution in [1.29, 1.82) is 0 Å². The first-order chi connectivity index (χ1) is 11.6. The highest BCUT2D eigenvalue weighted by molar-refractivity contribution is 9.10. The van der Waals surface area contributed by atoms with Gasteiger partial charge in [0.2, 0.25) is 0 Å². The second kappa shape index (κ2) is 7.11. The van der Waals surface area contributed by atoms with Crippen molar-refractivity contribution in [2.75, 3.05) is 14.2 Å². The molecule has 122 valence electrons. The lowest BCUT2D eigenvalue weighted by Gasteiger charge is -2.12. The van der Waals surface area contributed by atoms with Crippen molar-refractivity contribution in [2.24, 2.45) is 0 Å². The molecule has 5 nitrogen and oxygen atoms in total. The van der Waals surface area contributed by atoms with E-state index in [1.54, 1.807) is 35.9 Å². The van der Waals surface area contributed by atoms with Crippen LogP contribution in [0.5, 0.6) is 5.75 Å². The van der Waals surface area contributed by atoms with Crippen molar-refractivity contribution in [1.82, 2.24) is 9.97 Å². The Labute approximate surface area is 151 Å². The molecule has 3 aromatic rings. The average Bonchev–Trinajstić information content (AvgIpc) is 3.07. The maximum atomic E-state index is 11.9. The van der Waals surface area contributed by atoms with Crippen LogP contribution in [0.2, 0.25) is 0 Å². The number of hydrogen-bond acceptors (Lipinski definition) is 6. The number of aromatic nitrogens is 2. The molecule has 7 heteroatoms. The van der Waals surface area contributed by atoms with Crippen LogP contribution in [0.25, 0.3) is 21.8 Å². The van der Waals surface area contributed by atoms with Crippen molar-refractivity contribution in [3.8, 4) is 27.6 Å². The van der Waals surface area contributed by atoms with E-state index in [9.17, 15) is 4.79 Å². The zero-order valence-electron chi connectivity index (χ0n) is 12.9. The summed E-state index contributed by atoms with van der Waals surface area (Å²) in [6.45, 7) is 0. The van der Waals surface area contributed by atoms with E-state index >= 15 is 0 Å². The predicted octanol–water partition coefficient (Wildman–Crippen LogP) is 4.43. The number of carbonyl (C=O) groups excluding carboxylic acids is 1. The van der Waals surface area contributed by atoms with E-state index in [-0.39, 0.29) is 0 Å². The van der Waals surface area contributed by atoms with E-state index in [1.807, 2.05) is 17.5 Å². The number of hydrogen-bond donors (Lipinski definition) is 0. The zero-order chi connectivity index (χ0) is 17.1. The second-order valence-corrected chi connectivity index (χ2v) is 6.62. The SMILES string of the molecule is COC(=O)c1cccc(-c2cncc(-c3cc(Br)cs3)n2)c1OC. The Bertz CT molecular complexity index is 895. The fourth-order valence-electron chi connectivity index (χ4n) is 2.29. The van der Waals surface area contributed by atoms with Gasteiger partial charge in [0.1, 0.15) is 11.3 Å². The molecule has 0 fully saturated rings. The summed E-state index contributed by atoms with van der Waals surface area (Å²) in [5.74, 6) is -0.0387. The topological polar surface area (TPSA) is 61.3 Å². The van der Waals surface area contributed by atoms with Gasteiger partial charge in [-0.1, -0.05) is 6.07 Å². The summed E-state index contributed by atoms with van der Waals surface area (Å²) in [6, 6.07) is 7.24. The Kier molecular flexibility index (Phi) is 4.92. The molecule has 0 atom stereocenters. The van der Waals surface area contributed by atoms with Gasteiger partial charge in [0.25, 0.3) is 0 Å². The summed E-state index contributed by atoms with van der Waals surface area (Å²) in [6.07, 6.45) is 3.35. The van der Waals surface area contributed by atoms with E-state index in [1.165, 1.54) is 14.2 Å². The molecule has 1 aromatic carbocycles. The Morgan fingerprint density at radius 2 is 2.00 bits per heavy atom. The van der Waals surface area contributed by atoms with Crippen LogP contribution < -0.4 is 4.74 Å². The van der Waals surface area contributed by atoms with E-state index in [2.05, 4.69) is 25.9 Å². The highest BCUT2D eigenvalue weighted by atomic mass is 79.9. The Hall–Kier alpha value is -2.25. The molecule has 0 saturated heterocycles. The standard InChI is InChI=1S/C17H13BrN2O3S/c1-22-16-11(4-3-5-12(16)17(21)23-2)13-7-19-8-14(20-13)15-6-10(18)9-24-15/h3-9H,1-2H3. The maximum absolute atomic E-state index is 11.9. The van der Waals surface area contributed by atoms with Crippen molar-refractivity contribution in [3.63, 3.8) is 0 Å². The van der Waals surface area contributed by atoms with Gasteiger partial charge in [-0.2, -0.15) is 0 Å². The summed E-state index contributed by atoms with van der Waals surface area (Å²) >= 11 is 5.01. The fourth-order valence-corrected chi connectivity index (χ4v) is 3.67. The third-order valence-electron chi connectivity index (χ3n) is 3.35. The van der Waals surface area contributed by atoms with Crippen molar-refractivity contribution in [3.05, 3.63) is 52.1 Å². The molecule has 3 rings (SSSR count). The van der Waals surface area contributed by atoms with Gasteiger partial charge >= 0.3 is 5.97 Å². The third-order valence-corrected chi connectivity index (χ3v) is 5.07. The van der Waals surface area contributed by atoms with Crippen LogP contribution >= 0.6 is 27.3 Å². The molecule has 0 spiro atoms. The number of thiophene rings is 1. The highest BCUT2D eigenvalue weighted by Crippen LogP contribution is 2.34. The van der Waals surface area contributed by atoms with E-state index in [4.69, 9.17) is 9.47 Å². The minimum Gasteiger partial charge on any atom is -0.495 e. The number of nitrogens with zero attached hydrogens (tertiary/aromatic N) is 2. The molecule has 0 aliphatic rings. The largest absolute Gasteiger partial charge is 0.495 e. The minimum atomic E-state index is -0.458. The van der Waals surface area contributed by atoms with Gasteiger partial charge in [-0.15, -0.1) is 11.3 Å². The van der Waals surface area contributed by atoms with Crippen molar-refractivity contribution in [2.45, 2.75) is 0 Å². The number of para-hydroxylation sites is 1. The summed E-state index contributed by atoms with van der Waals surface area (Å²) in [5, 5.41) is 1.99. The van der Waals surface area contributed by atoms with Crippen LogP contribution in [0, 0.1) is 0 Å². The average molecular weight is 405 g/mol. The highest BCUT2D eigenvalue weighted by Gasteiger charge is 2.18. The number of rotatable bonds is 4. The smallest absolute Gasteiger partial charge is 0.341 e. The lowest BCUT2D eigenvalue weighted by molar-refractivity contribution is 0.0597. The summed E-state index contributed by atoms with van der Waals surface area (Å²) < 4.78 is 11.2. The third kappa shape index (κ3) is 3.18. The van der Waals surface area contributed by atoms with Crippen LogP contribution in [-0.2, 0) is 4.74 Å². The number of carbonyl (C=O) groups is 1. The molecule has 24 heavy (non-hydrogen) atoms. The molecular weight excluding hydrogens is 392 g/mol. The monoisotopic (exact) mass is 404 g/mol. The van der Waals surface area contributed by atoms with Gasteiger partial charge < -0.3 is 9.47 Å². The molecule has 0 aliphatic carbocycles. The van der Waals surface area contributed by atoms with Gasteiger partial charge in [0.05, 0.1) is 42.9 Å². The number of ether oxygens (including phenoxy) is 2. The minimum absolute atomic E-state index is 0.351. The Balaban J connectivity index is 2.11. The summed E-state index contributed by atoms with van der Waals surface area (Å²) in [4.78, 5) is 21.9. The first kappa shape index (κ1) is 16.6. The molecule has 0 bridgehead atoms. The van der Waals surface area contributed by atoms with Gasteiger partial charge in [-0.25, -0.2) is 9.78 Å². The maximum Gasteiger partial charge on any atom is 0.341 e. The van der Waals surface area contributed by atoms with Gasteiger partial charge in [0.15, 0.2) is 0 Å². The first-order valence-electron chi connectivity index (χ1n) is 6.96. The molecule has 0 unspecified atom stereocenters. The quantitative estimate of drug-likeness (QED) is 0.601. The van der Waals surface area contributed by atoms with Gasteiger partial charge in [0, 0.05) is 15.4 Å². The van der Waals surface area contributed by atoms with Crippen molar-refractivity contribution >= 4 is 33.2 Å². The molecule has 0 amide bonds. The normalized spacial score (nSPS) is 10.5. The van der Waals surface area contributed by atoms with E-state index in [0.29, 0.717) is 22.6 Å². The van der Waals surface area contributed by atoms with Crippen LogP contribution in [0.1, 0.15) is 10.4 Å². The van der Waals surface area contributed by atoms with Crippen LogP contribution in [0.3, 0.4) is 0 Å². The number of halogens is 1. The predicted molar refractivity (Wildman–Crippen MR) is 96.4 cm³/mol. The molecule has 2 aromatic heterocycles. The lowest BCUT2D eigenvalue weighted by Crippen LogP contribution is -2.05. The number of benzene rings is 1.